The van der Waals surface area contributed by atoms with Crippen LogP contribution in [-0.4, -0.2) is 35.8 Å². The molecule has 3 aromatic carbocycles. The molecule has 0 heterocycles. The molecule has 0 fully saturated rings. The van der Waals surface area contributed by atoms with E-state index >= 15 is 0 Å². The highest BCUT2D eigenvalue weighted by Gasteiger charge is 2.29. The van der Waals surface area contributed by atoms with E-state index in [4.69, 9.17) is 9.47 Å². The highest BCUT2D eigenvalue weighted by atomic mass is 16.5. The molecular formula is C28H27NO6. The van der Waals surface area contributed by atoms with Crippen molar-refractivity contribution in [3.8, 4) is 11.1 Å². The summed E-state index contributed by atoms with van der Waals surface area (Å²) in [7, 11) is 0. The third-order valence-corrected chi connectivity index (χ3v) is 6.05. The molecule has 1 atom stereocenters. The number of hydrogen-bond acceptors (Lipinski definition) is 5. The number of ether oxygens (including phenoxy) is 2. The maximum atomic E-state index is 12.4. The van der Waals surface area contributed by atoms with Gasteiger partial charge in [-0.3, -0.25) is 4.79 Å². The molecule has 1 aliphatic carbocycles. The van der Waals surface area contributed by atoms with Crippen molar-refractivity contribution in [2.45, 2.75) is 37.8 Å². The Morgan fingerprint density at radius 1 is 0.829 bits per heavy atom. The van der Waals surface area contributed by atoms with Crippen LogP contribution in [0, 0.1) is 0 Å². The van der Waals surface area contributed by atoms with Crippen LogP contribution < -0.4 is 5.32 Å². The number of nitrogens with one attached hydrogen (secondary N) is 1. The van der Waals surface area contributed by atoms with Gasteiger partial charge in [-0.2, -0.15) is 0 Å². The quantitative estimate of drug-likeness (QED) is 0.407. The zero-order valence-corrected chi connectivity index (χ0v) is 19.2. The van der Waals surface area contributed by atoms with Gasteiger partial charge in [0.25, 0.3) is 0 Å². The molecule has 35 heavy (non-hydrogen) atoms. The minimum absolute atomic E-state index is 0.0585. The molecule has 2 N–H and O–H groups in total. The minimum Gasteiger partial charge on any atom is -0.480 e. The number of carboxylic acids is 1. The number of hydrogen-bond donors (Lipinski definition) is 2. The standard InChI is InChI=1S/C28H27NO6/c30-26(34-17-19-9-2-1-3-10-19)16-8-15-25(27(31)32)29-28(33)35-18-24-22-13-6-4-11-20(22)21-12-5-7-14-23(21)24/h1-7,9-14,24-25H,8,15-18H2,(H,29,33)(H,31,32)/t25-/m0/s1. The van der Waals surface area contributed by atoms with Gasteiger partial charge in [0.05, 0.1) is 0 Å². The predicted molar refractivity (Wildman–Crippen MR) is 130 cm³/mol. The number of carboxylic acid groups (broad SMARTS) is 1. The first-order valence-corrected chi connectivity index (χ1v) is 11.6. The number of esters is 1. The molecular weight excluding hydrogens is 446 g/mol. The van der Waals surface area contributed by atoms with Gasteiger partial charge >= 0.3 is 18.0 Å². The summed E-state index contributed by atoms with van der Waals surface area (Å²) >= 11 is 0. The number of carbonyl (C=O) groups excluding carboxylic acids is 2. The van der Waals surface area contributed by atoms with Crippen molar-refractivity contribution in [1.29, 1.82) is 0 Å². The number of alkyl carbamates (subject to hydrolysis) is 1. The van der Waals surface area contributed by atoms with Gasteiger partial charge in [0, 0.05) is 12.3 Å². The monoisotopic (exact) mass is 473 g/mol. The van der Waals surface area contributed by atoms with Crippen molar-refractivity contribution in [2.75, 3.05) is 6.61 Å². The molecule has 7 heteroatoms. The highest BCUT2D eigenvalue weighted by Crippen LogP contribution is 2.44. The largest absolute Gasteiger partial charge is 0.480 e. The normalized spacial score (nSPS) is 12.8. The lowest BCUT2D eigenvalue weighted by Crippen LogP contribution is -2.41. The summed E-state index contributed by atoms with van der Waals surface area (Å²) < 4.78 is 10.6. The van der Waals surface area contributed by atoms with E-state index in [1.807, 2.05) is 78.9 Å². The SMILES string of the molecule is O=C(CCC[C@H](NC(=O)OCC1c2ccccc2-c2ccccc21)C(=O)O)OCc1ccccc1. The fourth-order valence-electron chi connectivity index (χ4n) is 4.30. The molecule has 180 valence electrons. The summed E-state index contributed by atoms with van der Waals surface area (Å²) in [5.74, 6) is -1.72. The number of rotatable bonds is 10. The van der Waals surface area contributed by atoms with Crippen molar-refractivity contribution < 1.29 is 29.0 Å². The van der Waals surface area contributed by atoms with E-state index < -0.39 is 24.1 Å². The van der Waals surface area contributed by atoms with E-state index in [9.17, 15) is 19.5 Å². The first-order chi connectivity index (χ1) is 17.0. The van der Waals surface area contributed by atoms with E-state index in [-0.39, 0.29) is 38.4 Å². The second-order valence-electron chi connectivity index (χ2n) is 8.40. The molecule has 3 aromatic rings. The Morgan fingerprint density at radius 3 is 2.06 bits per heavy atom. The Balaban J connectivity index is 1.25. The van der Waals surface area contributed by atoms with Crippen LogP contribution in [0.15, 0.2) is 78.9 Å². The molecule has 0 aromatic heterocycles. The van der Waals surface area contributed by atoms with E-state index in [1.54, 1.807) is 0 Å². The van der Waals surface area contributed by atoms with Gasteiger partial charge in [0.2, 0.25) is 0 Å². The summed E-state index contributed by atoms with van der Waals surface area (Å²) in [6.07, 6.45) is -0.400. The molecule has 0 aliphatic heterocycles. The first-order valence-electron chi connectivity index (χ1n) is 11.6. The van der Waals surface area contributed by atoms with Crippen molar-refractivity contribution in [2.24, 2.45) is 0 Å². The Morgan fingerprint density at radius 2 is 1.43 bits per heavy atom. The Labute approximate surface area is 203 Å². The van der Waals surface area contributed by atoms with Gasteiger partial charge in [-0.05, 0) is 40.7 Å². The number of fused-ring (bicyclic) bond motifs is 3. The van der Waals surface area contributed by atoms with E-state index in [2.05, 4.69) is 5.32 Å². The Hall–Kier alpha value is -4.13. The fourth-order valence-corrected chi connectivity index (χ4v) is 4.30. The molecule has 4 rings (SSSR count). The molecule has 0 saturated heterocycles. The minimum atomic E-state index is -1.18. The van der Waals surface area contributed by atoms with Gasteiger partial charge < -0.3 is 19.9 Å². The smallest absolute Gasteiger partial charge is 0.407 e. The van der Waals surface area contributed by atoms with Crippen LogP contribution in [0.2, 0.25) is 0 Å². The maximum absolute atomic E-state index is 12.4. The van der Waals surface area contributed by atoms with Gasteiger partial charge in [-0.25, -0.2) is 9.59 Å². The van der Waals surface area contributed by atoms with Crippen molar-refractivity contribution in [3.05, 3.63) is 95.6 Å². The molecule has 0 spiro atoms. The van der Waals surface area contributed by atoms with E-state index in [0.717, 1.165) is 27.8 Å². The van der Waals surface area contributed by atoms with Crippen LogP contribution in [0.25, 0.3) is 11.1 Å². The van der Waals surface area contributed by atoms with Crippen molar-refractivity contribution in [3.63, 3.8) is 0 Å². The average Bonchev–Trinajstić information content (AvgIpc) is 3.20. The van der Waals surface area contributed by atoms with Crippen LogP contribution >= 0.6 is 0 Å². The van der Waals surface area contributed by atoms with Crippen molar-refractivity contribution >= 4 is 18.0 Å². The summed E-state index contributed by atoms with van der Waals surface area (Å²) in [5.41, 5.74) is 5.25. The van der Waals surface area contributed by atoms with Gasteiger partial charge in [-0.15, -0.1) is 0 Å². The van der Waals surface area contributed by atoms with Gasteiger partial charge in [0.15, 0.2) is 0 Å². The summed E-state index contributed by atoms with van der Waals surface area (Å²) in [5, 5.41) is 11.9. The zero-order chi connectivity index (χ0) is 24.6. The average molecular weight is 474 g/mol. The van der Waals surface area contributed by atoms with Crippen LogP contribution in [0.3, 0.4) is 0 Å². The Kier molecular flexibility index (Phi) is 7.77. The second-order valence-corrected chi connectivity index (χ2v) is 8.40. The van der Waals surface area contributed by atoms with Gasteiger partial charge in [-0.1, -0.05) is 78.9 Å². The fraction of sp³-hybridized carbons (Fsp3) is 0.250. The molecule has 0 bridgehead atoms. The molecule has 1 aliphatic rings. The lowest BCUT2D eigenvalue weighted by Gasteiger charge is -2.17. The van der Waals surface area contributed by atoms with E-state index in [0.29, 0.717) is 0 Å². The summed E-state index contributed by atoms with van der Waals surface area (Å²) in [6.45, 7) is 0.262. The third-order valence-electron chi connectivity index (χ3n) is 6.05. The lowest BCUT2D eigenvalue weighted by atomic mass is 9.98. The highest BCUT2D eigenvalue weighted by molar-refractivity contribution is 5.81. The molecule has 0 saturated carbocycles. The number of carbonyl (C=O) groups is 3. The van der Waals surface area contributed by atoms with Crippen LogP contribution in [-0.2, 0) is 25.7 Å². The zero-order valence-electron chi connectivity index (χ0n) is 19.2. The molecule has 0 unspecified atom stereocenters. The topological polar surface area (TPSA) is 102 Å². The summed E-state index contributed by atoms with van der Waals surface area (Å²) in [6, 6.07) is 24.1. The number of amides is 1. The Bertz CT molecular complexity index is 1150. The molecule has 7 nitrogen and oxygen atoms in total. The van der Waals surface area contributed by atoms with Crippen LogP contribution in [0.5, 0.6) is 0 Å². The lowest BCUT2D eigenvalue weighted by molar-refractivity contribution is -0.145. The predicted octanol–water partition coefficient (Wildman–Crippen LogP) is 4.89. The maximum Gasteiger partial charge on any atom is 0.407 e. The molecule has 0 radical (unpaired) electrons. The number of benzene rings is 3. The van der Waals surface area contributed by atoms with E-state index in [1.165, 1.54) is 0 Å². The van der Waals surface area contributed by atoms with Crippen LogP contribution in [0.1, 0.15) is 41.9 Å². The van der Waals surface area contributed by atoms with Crippen molar-refractivity contribution in [1.82, 2.24) is 5.32 Å². The molecule has 1 amide bonds. The van der Waals surface area contributed by atoms with Gasteiger partial charge in [0.1, 0.15) is 19.3 Å². The number of aliphatic carboxylic acids is 1. The first kappa shape index (κ1) is 24.0. The third kappa shape index (κ3) is 6.06. The second kappa shape index (κ2) is 11.3. The summed E-state index contributed by atoms with van der Waals surface area (Å²) in [4.78, 5) is 36.0. The van der Waals surface area contributed by atoms with Crippen LogP contribution in [0.4, 0.5) is 4.79 Å².